The first-order valence-electron chi connectivity index (χ1n) is 8.77. The van der Waals surface area contributed by atoms with Crippen LogP contribution in [-0.4, -0.2) is 28.0 Å². The number of aromatic nitrogens is 2. The van der Waals surface area contributed by atoms with Crippen LogP contribution in [-0.2, 0) is 0 Å². The lowest BCUT2D eigenvalue weighted by Crippen LogP contribution is -2.03. The molecule has 1 heterocycles. The van der Waals surface area contributed by atoms with Crippen molar-refractivity contribution in [1.29, 1.82) is 0 Å². The second kappa shape index (κ2) is 6.67. The van der Waals surface area contributed by atoms with E-state index in [-0.39, 0.29) is 5.56 Å². The first-order chi connectivity index (χ1) is 12.7. The summed E-state index contributed by atoms with van der Waals surface area (Å²) in [5.41, 5.74) is 4.21. The summed E-state index contributed by atoms with van der Waals surface area (Å²) in [5.74, 6) is -0.151. The predicted octanol–water partition coefficient (Wildman–Crippen LogP) is 4.69. The maximum atomic E-state index is 11.3. The largest absolute Gasteiger partial charge is 0.497 e. The summed E-state index contributed by atoms with van der Waals surface area (Å²) in [4.78, 5) is 11.3. The van der Waals surface area contributed by atoms with Gasteiger partial charge >= 0.3 is 5.97 Å². The molecule has 0 atom stereocenters. The number of nitrogens with zero attached hydrogens (tertiary/aromatic N) is 2. The minimum Gasteiger partial charge on any atom is -0.497 e. The van der Waals surface area contributed by atoms with E-state index in [1.807, 2.05) is 35.0 Å². The first-order valence-corrected chi connectivity index (χ1v) is 8.77. The van der Waals surface area contributed by atoms with Gasteiger partial charge in [0, 0.05) is 5.39 Å². The molecule has 5 nitrogen and oxygen atoms in total. The van der Waals surface area contributed by atoms with Gasteiger partial charge in [-0.05, 0) is 73.7 Å². The van der Waals surface area contributed by atoms with Crippen molar-refractivity contribution in [3.63, 3.8) is 0 Å². The molecule has 0 unspecified atom stereocenters. The SMILES string of the molecule is COc1ccc(-n2nc3cc(C(=O)O)ccc3c2C2=CCCCC2)cc1. The third kappa shape index (κ3) is 2.86. The Balaban J connectivity index is 1.93. The molecule has 1 aliphatic rings. The number of carboxylic acids is 1. The number of ether oxygens (including phenoxy) is 1. The number of methoxy groups -OCH3 is 1. The zero-order valence-electron chi connectivity index (χ0n) is 14.6. The van der Waals surface area contributed by atoms with Crippen molar-refractivity contribution in [2.75, 3.05) is 7.11 Å². The van der Waals surface area contributed by atoms with Gasteiger partial charge in [0.05, 0.1) is 29.6 Å². The highest BCUT2D eigenvalue weighted by molar-refractivity contribution is 5.97. The number of fused-ring (bicyclic) bond motifs is 1. The van der Waals surface area contributed by atoms with Crippen molar-refractivity contribution in [2.45, 2.75) is 25.7 Å². The number of allylic oxidation sites excluding steroid dienone is 2. The van der Waals surface area contributed by atoms with Gasteiger partial charge in [-0.3, -0.25) is 0 Å². The zero-order valence-corrected chi connectivity index (χ0v) is 14.6. The number of hydrogen-bond acceptors (Lipinski definition) is 3. The molecule has 1 N–H and O–H groups in total. The van der Waals surface area contributed by atoms with Crippen LogP contribution in [0.4, 0.5) is 0 Å². The fourth-order valence-corrected chi connectivity index (χ4v) is 3.49. The number of aromatic carboxylic acids is 1. The summed E-state index contributed by atoms with van der Waals surface area (Å²) in [5, 5.41) is 15.0. The molecule has 1 aliphatic carbocycles. The van der Waals surface area contributed by atoms with E-state index in [0.29, 0.717) is 5.52 Å². The molecule has 0 fully saturated rings. The van der Waals surface area contributed by atoms with Crippen LogP contribution in [0.25, 0.3) is 22.2 Å². The van der Waals surface area contributed by atoms with E-state index in [2.05, 4.69) is 6.08 Å². The topological polar surface area (TPSA) is 64.4 Å². The summed E-state index contributed by atoms with van der Waals surface area (Å²) in [7, 11) is 1.64. The molecule has 4 rings (SSSR count). The van der Waals surface area contributed by atoms with Gasteiger partial charge in [0.2, 0.25) is 0 Å². The van der Waals surface area contributed by atoms with Crippen LogP contribution in [0.2, 0.25) is 0 Å². The van der Waals surface area contributed by atoms with E-state index in [1.165, 1.54) is 12.0 Å². The highest BCUT2D eigenvalue weighted by Gasteiger charge is 2.19. The van der Waals surface area contributed by atoms with Gasteiger partial charge in [0.15, 0.2) is 0 Å². The third-order valence-corrected chi connectivity index (χ3v) is 4.83. The molecule has 0 aliphatic heterocycles. The van der Waals surface area contributed by atoms with Crippen molar-refractivity contribution in [3.8, 4) is 11.4 Å². The number of carbonyl (C=O) groups is 1. The molecular weight excluding hydrogens is 328 g/mol. The standard InChI is InChI=1S/C21H20N2O3/c1-26-17-10-8-16(9-11-17)23-20(14-5-3-2-4-6-14)18-12-7-15(21(24)25)13-19(18)22-23/h5,7-13H,2-4,6H2,1H3,(H,24,25). The van der Waals surface area contributed by atoms with Crippen molar-refractivity contribution in [2.24, 2.45) is 0 Å². The first kappa shape index (κ1) is 16.4. The highest BCUT2D eigenvalue weighted by Crippen LogP contribution is 2.34. The van der Waals surface area contributed by atoms with E-state index in [9.17, 15) is 9.90 Å². The third-order valence-electron chi connectivity index (χ3n) is 4.83. The molecule has 0 bridgehead atoms. The van der Waals surface area contributed by atoms with Crippen LogP contribution >= 0.6 is 0 Å². The maximum Gasteiger partial charge on any atom is 0.335 e. The van der Waals surface area contributed by atoms with Gasteiger partial charge in [-0.1, -0.05) is 6.08 Å². The monoisotopic (exact) mass is 348 g/mol. The maximum absolute atomic E-state index is 11.3. The van der Waals surface area contributed by atoms with Gasteiger partial charge in [-0.25, -0.2) is 9.48 Å². The molecule has 5 heteroatoms. The number of rotatable bonds is 4. The summed E-state index contributed by atoms with van der Waals surface area (Å²) < 4.78 is 7.17. The molecular formula is C21H20N2O3. The van der Waals surface area contributed by atoms with Crippen molar-refractivity contribution >= 4 is 22.4 Å². The van der Waals surface area contributed by atoms with E-state index in [0.717, 1.165) is 41.8 Å². The molecule has 0 saturated carbocycles. The van der Waals surface area contributed by atoms with Gasteiger partial charge < -0.3 is 9.84 Å². The van der Waals surface area contributed by atoms with Crippen molar-refractivity contribution < 1.29 is 14.6 Å². The Kier molecular flexibility index (Phi) is 4.21. The average Bonchev–Trinajstić information content (AvgIpc) is 3.07. The van der Waals surface area contributed by atoms with Gasteiger partial charge in [0.25, 0.3) is 0 Å². The van der Waals surface area contributed by atoms with E-state index >= 15 is 0 Å². The Morgan fingerprint density at radius 3 is 2.62 bits per heavy atom. The summed E-state index contributed by atoms with van der Waals surface area (Å²) in [6, 6.07) is 12.9. The number of benzene rings is 2. The molecule has 0 radical (unpaired) electrons. The Hall–Kier alpha value is -3.08. The Bertz CT molecular complexity index is 1000. The molecule has 0 spiro atoms. The van der Waals surface area contributed by atoms with Gasteiger partial charge in [0.1, 0.15) is 5.75 Å². The van der Waals surface area contributed by atoms with E-state index in [1.54, 1.807) is 19.2 Å². The summed E-state index contributed by atoms with van der Waals surface area (Å²) >= 11 is 0. The number of hydrogen-bond donors (Lipinski definition) is 1. The molecule has 132 valence electrons. The average molecular weight is 348 g/mol. The summed E-state index contributed by atoms with van der Waals surface area (Å²) in [6.07, 6.45) is 6.73. The van der Waals surface area contributed by atoms with Crippen LogP contribution in [0.15, 0.2) is 48.5 Å². The normalized spacial score (nSPS) is 14.3. The quantitative estimate of drug-likeness (QED) is 0.743. The highest BCUT2D eigenvalue weighted by atomic mass is 16.5. The molecule has 0 saturated heterocycles. The molecule has 1 aromatic heterocycles. The minimum atomic E-state index is -0.940. The van der Waals surface area contributed by atoms with Gasteiger partial charge in [-0.2, -0.15) is 5.10 Å². The summed E-state index contributed by atoms with van der Waals surface area (Å²) in [6.45, 7) is 0. The molecule has 3 aromatic rings. The van der Waals surface area contributed by atoms with E-state index < -0.39 is 5.97 Å². The fraction of sp³-hybridized carbons (Fsp3) is 0.238. The van der Waals surface area contributed by atoms with Crippen molar-refractivity contribution in [3.05, 3.63) is 59.8 Å². The minimum absolute atomic E-state index is 0.251. The van der Waals surface area contributed by atoms with Crippen LogP contribution in [0.1, 0.15) is 41.7 Å². The van der Waals surface area contributed by atoms with Crippen LogP contribution in [0.3, 0.4) is 0 Å². The zero-order chi connectivity index (χ0) is 18.1. The lowest BCUT2D eigenvalue weighted by molar-refractivity contribution is 0.0697. The van der Waals surface area contributed by atoms with E-state index in [4.69, 9.17) is 9.84 Å². The second-order valence-corrected chi connectivity index (χ2v) is 6.47. The lowest BCUT2D eigenvalue weighted by atomic mass is 9.95. The Labute approximate surface area is 151 Å². The smallest absolute Gasteiger partial charge is 0.335 e. The lowest BCUT2D eigenvalue weighted by Gasteiger charge is -2.15. The fourth-order valence-electron chi connectivity index (χ4n) is 3.49. The predicted molar refractivity (Wildman–Crippen MR) is 101 cm³/mol. The van der Waals surface area contributed by atoms with Crippen LogP contribution in [0.5, 0.6) is 5.75 Å². The number of carboxylic acid groups (broad SMARTS) is 1. The molecule has 2 aromatic carbocycles. The Morgan fingerprint density at radius 2 is 1.96 bits per heavy atom. The Morgan fingerprint density at radius 1 is 1.15 bits per heavy atom. The van der Waals surface area contributed by atoms with Gasteiger partial charge in [-0.15, -0.1) is 0 Å². The second-order valence-electron chi connectivity index (χ2n) is 6.47. The molecule has 0 amide bonds. The van der Waals surface area contributed by atoms with Crippen LogP contribution < -0.4 is 4.74 Å². The molecule has 26 heavy (non-hydrogen) atoms. The van der Waals surface area contributed by atoms with Crippen LogP contribution in [0, 0.1) is 0 Å². The van der Waals surface area contributed by atoms with Crippen molar-refractivity contribution in [1.82, 2.24) is 9.78 Å².